The molecule has 0 atom stereocenters. The van der Waals surface area contributed by atoms with Gasteiger partial charge in [0.25, 0.3) is 0 Å². The lowest BCUT2D eigenvalue weighted by molar-refractivity contribution is 0.278. The summed E-state index contributed by atoms with van der Waals surface area (Å²) in [5.41, 5.74) is 2.29. The Labute approximate surface area is 141 Å². The molecule has 0 unspecified atom stereocenters. The number of halogens is 3. The molecule has 0 radical (unpaired) electrons. The number of aryl methyl sites for hydroxylation is 1. The van der Waals surface area contributed by atoms with Crippen molar-refractivity contribution in [1.82, 2.24) is 0 Å². The normalized spacial score (nSPS) is 21.0. The maximum absolute atomic E-state index is 13.3. The molecule has 1 fully saturated rings. The molecule has 3 heteroatoms. The Morgan fingerprint density at radius 1 is 0.833 bits per heavy atom. The average Bonchev–Trinajstić information content (AvgIpc) is 2.59. The Kier molecular flexibility index (Phi) is 5.27. The summed E-state index contributed by atoms with van der Waals surface area (Å²) in [4.78, 5) is 0. The van der Waals surface area contributed by atoms with E-state index < -0.39 is 17.5 Å². The largest absolute Gasteiger partial charge is 0.204 e. The Morgan fingerprint density at radius 2 is 1.42 bits per heavy atom. The first-order valence-electron chi connectivity index (χ1n) is 8.77. The van der Waals surface area contributed by atoms with Crippen molar-refractivity contribution < 1.29 is 13.2 Å². The van der Waals surface area contributed by atoms with Crippen molar-refractivity contribution in [3.63, 3.8) is 0 Å². The van der Waals surface area contributed by atoms with Crippen LogP contribution in [0.1, 0.15) is 44.6 Å². The lowest BCUT2D eigenvalue weighted by Gasteiger charge is -2.26. The van der Waals surface area contributed by atoms with Crippen LogP contribution in [0, 0.1) is 29.3 Å². The van der Waals surface area contributed by atoms with Crippen LogP contribution >= 0.6 is 0 Å². The molecule has 0 nitrogen and oxygen atoms in total. The standard InChI is InChI=1S/C21H23F3/c1-14-2-4-15(5-3-14)6-7-16-8-10-17(11-9-16)18-12-19(22)21(24)20(23)13-18/h8-15H,2-7H2,1H3/t14-,15-. The van der Waals surface area contributed by atoms with E-state index in [-0.39, 0.29) is 0 Å². The molecule has 0 amide bonds. The van der Waals surface area contributed by atoms with E-state index >= 15 is 0 Å². The number of rotatable bonds is 4. The molecule has 1 aliphatic rings. The van der Waals surface area contributed by atoms with Gasteiger partial charge in [-0.05, 0) is 53.5 Å². The molecule has 0 aliphatic heterocycles. The van der Waals surface area contributed by atoms with Crippen LogP contribution in [0.3, 0.4) is 0 Å². The number of hydrogen-bond donors (Lipinski definition) is 0. The first-order chi connectivity index (χ1) is 11.5. The van der Waals surface area contributed by atoms with Gasteiger partial charge in [0.1, 0.15) is 0 Å². The predicted octanol–water partition coefficient (Wildman–Crippen LogP) is 6.53. The molecule has 0 N–H and O–H groups in total. The highest BCUT2D eigenvalue weighted by atomic mass is 19.2. The molecule has 2 aromatic carbocycles. The van der Waals surface area contributed by atoms with Crippen LogP contribution in [0.4, 0.5) is 13.2 Å². The van der Waals surface area contributed by atoms with Crippen LogP contribution in [-0.2, 0) is 6.42 Å². The third-order valence-corrected chi connectivity index (χ3v) is 5.25. The Hall–Kier alpha value is -1.77. The maximum Gasteiger partial charge on any atom is 0.194 e. The van der Waals surface area contributed by atoms with Crippen molar-refractivity contribution in [1.29, 1.82) is 0 Å². The predicted molar refractivity (Wildman–Crippen MR) is 91.2 cm³/mol. The van der Waals surface area contributed by atoms with E-state index in [4.69, 9.17) is 0 Å². The van der Waals surface area contributed by atoms with Crippen LogP contribution in [-0.4, -0.2) is 0 Å². The van der Waals surface area contributed by atoms with E-state index in [2.05, 4.69) is 6.92 Å². The Morgan fingerprint density at radius 3 is 2.00 bits per heavy atom. The van der Waals surface area contributed by atoms with Crippen molar-refractivity contribution in [3.8, 4) is 11.1 Å². The van der Waals surface area contributed by atoms with Gasteiger partial charge in [0.15, 0.2) is 17.5 Å². The summed E-state index contributed by atoms with van der Waals surface area (Å²) in [6.45, 7) is 2.33. The van der Waals surface area contributed by atoms with E-state index in [9.17, 15) is 13.2 Å². The van der Waals surface area contributed by atoms with Gasteiger partial charge in [-0.1, -0.05) is 56.9 Å². The van der Waals surface area contributed by atoms with Gasteiger partial charge < -0.3 is 0 Å². The van der Waals surface area contributed by atoms with Gasteiger partial charge in [0, 0.05) is 0 Å². The monoisotopic (exact) mass is 332 g/mol. The van der Waals surface area contributed by atoms with Gasteiger partial charge in [-0.15, -0.1) is 0 Å². The molecule has 24 heavy (non-hydrogen) atoms. The van der Waals surface area contributed by atoms with E-state index in [1.54, 1.807) is 0 Å². The van der Waals surface area contributed by atoms with Crippen LogP contribution in [0.15, 0.2) is 36.4 Å². The molecule has 0 spiro atoms. The van der Waals surface area contributed by atoms with Gasteiger partial charge >= 0.3 is 0 Å². The summed E-state index contributed by atoms with van der Waals surface area (Å²) in [5, 5.41) is 0. The van der Waals surface area contributed by atoms with Crippen LogP contribution in [0.25, 0.3) is 11.1 Å². The smallest absolute Gasteiger partial charge is 0.194 e. The molecule has 2 aromatic rings. The average molecular weight is 332 g/mol. The minimum absolute atomic E-state index is 0.360. The quantitative estimate of drug-likeness (QED) is 0.558. The fraction of sp³-hybridized carbons (Fsp3) is 0.429. The van der Waals surface area contributed by atoms with Crippen molar-refractivity contribution in [3.05, 3.63) is 59.4 Å². The molecule has 1 aliphatic carbocycles. The van der Waals surface area contributed by atoms with Crippen molar-refractivity contribution in [2.45, 2.75) is 45.4 Å². The maximum atomic E-state index is 13.3. The second kappa shape index (κ2) is 7.42. The summed E-state index contributed by atoms with van der Waals surface area (Å²) in [7, 11) is 0. The summed E-state index contributed by atoms with van der Waals surface area (Å²) >= 11 is 0. The number of benzene rings is 2. The van der Waals surface area contributed by atoms with Crippen molar-refractivity contribution in [2.24, 2.45) is 11.8 Å². The highest BCUT2D eigenvalue weighted by Gasteiger charge is 2.18. The Bertz CT molecular complexity index is 660. The van der Waals surface area contributed by atoms with Crippen LogP contribution < -0.4 is 0 Å². The van der Waals surface area contributed by atoms with Crippen molar-refractivity contribution >= 4 is 0 Å². The van der Waals surface area contributed by atoms with E-state index in [1.165, 1.54) is 37.7 Å². The Balaban J connectivity index is 1.63. The first kappa shape index (κ1) is 17.1. The topological polar surface area (TPSA) is 0 Å². The molecular formula is C21H23F3. The second-order valence-electron chi connectivity index (χ2n) is 7.12. The lowest BCUT2D eigenvalue weighted by Crippen LogP contribution is -2.12. The zero-order valence-corrected chi connectivity index (χ0v) is 14.0. The molecule has 0 heterocycles. The van der Waals surface area contributed by atoms with E-state index in [0.29, 0.717) is 11.1 Å². The second-order valence-corrected chi connectivity index (χ2v) is 7.12. The zero-order chi connectivity index (χ0) is 17.1. The molecule has 0 bridgehead atoms. The fourth-order valence-corrected chi connectivity index (χ4v) is 3.57. The minimum Gasteiger partial charge on any atom is -0.204 e. The molecule has 0 aromatic heterocycles. The summed E-state index contributed by atoms with van der Waals surface area (Å²) in [6.07, 6.45) is 7.56. The van der Waals surface area contributed by atoms with Crippen molar-refractivity contribution in [2.75, 3.05) is 0 Å². The first-order valence-corrected chi connectivity index (χ1v) is 8.77. The molecule has 3 rings (SSSR count). The fourth-order valence-electron chi connectivity index (χ4n) is 3.57. The molecule has 128 valence electrons. The summed E-state index contributed by atoms with van der Waals surface area (Å²) < 4.78 is 39.7. The highest BCUT2D eigenvalue weighted by Crippen LogP contribution is 2.31. The van der Waals surface area contributed by atoms with Gasteiger partial charge in [0.05, 0.1) is 0 Å². The van der Waals surface area contributed by atoms with Gasteiger partial charge in [-0.3, -0.25) is 0 Å². The SMILES string of the molecule is C[C@H]1CC[C@H](CCc2ccc(-c3cc(F)c(F)c(F)c3)cc2)CC1. The highest BCUT2D eigenvalue weighted by molar-refractivity contribution is 5.63. The third kappa shape index (κ3) is 4.00. The summed E-state index contributed by atoms with van der Waals surface area (Å²) in [6, 6.07) is 9.78. The summed E-state index contributed by atoms with van der Waals surface area (Å²) in [5.74, 6) is -2.03. The minimum atomic E-state index is -1.42. The van der Waals surface area contributed by atoms with E-state index in [0.717, 1.165) is 30.4 Å². The molecule has 0 saturated heterocycles. The lowest BCUT2D eigenvalue weighted by atomic mass is 9.80. The molecule has 1 saturated carbocycles. The van der Waals surface area contributed by atoms with Crippen LogP contribution in [0.5, 0.6) is 0 Å². The van der Waals surface area contributed by atoms with Gasteiger partial charge in [0.2, 0.25) is 0 Å². The molecular weight excluding hydrogens is 309 g/mol. The zero-order valence-electron chi connectivity index (χ0n) is 14.0. The van der Waals surface area contributed by atoms with Gasteiger partial charge in [-0.2, -0.15) is 0 Å². The van der Waals surface area contributed by atoms with E-state index in [1.807, 2.05) is 24.3 Å². The van der Waals surface area contributed by atoms with Gasteiger partial charge in [-0.25, -0.2) is 13.2 Å². The third-order valence-electron chi connectivity index (χ3n) is 5.25. The van der Waals surface area contributed by atoms with Crippen LogP contribution in [0.2, 0.25) is 0 Å². The number of hydrogen-bond acceptors (Lipinski definition) is 0.